The second kappa shape index (κ2) is 6.01. The second-order valence-corrected chi connectivity index (χ2v) is 5.54. The van der Waals surface area contributed by atoms with Crippen LogP contribution >= 0.6 is 0 Å². The fourth-order valence-electron chi connectivity index (χ4n) is 2.74. The number of aromatic amines is 1. The molecule has 1 fully saturated rings. The van der Waals surface area contributed by atoms with Gasteiger partial charge in [-0.1, -0.05) is 0 Å². The molecule has 0 radical (unpaired) electrons. The Labute approximate surface area is 124 Å². The highest BCUT2D eigenvalue weighted by atomic mass is 16.5. The maximum Gasteiger partial charge on any atom is 0.178 e. The number of aliphatic hydroxyl groups is 1. The summed E-state index contributed by atoms with van der Waals surface area (Å²) >= 11 is 0. The topological polar surface area (TPSA) is 73.4 Å². The third kappa shape index (κ3) is 3.18. The highest BCUT2D eigenvalue weighted by Gasteiger charge is 2.26. The maximum absolute atomic E-state index is 10.0. The van der Waals surface area contributed by atoms with Gasteiger partial charge in [-0.15, -0.1) is 0 Å². The summed E-state index contributed by atoms with van der Waals surface area (Å²) in [5.41, 5.74) is 1.88. The number of nitrogens with zero attached hydrogens (tertiary/aromatic N) is 2. The number of benzene rings is 1. The number of piperazine rings is 1. The molecule has 0 amide bonds. The van der Waals surface area contributed by atoms with Crippen LogP contribution in [0.3, 0.4) is 0 Å². The van der Waals surface area contributed by atoms with Crippen molar-refractivity contribution in [3.05, 3.63) is 24.0 Å². The lowest BCUT2D eigenvalue weighted by atomic mass is 10.2. The molecule has 0 saturated carbocycles. The van der Waals surface area contributed by atoms with E-state index in [-0.39, 0.29) is 6.23 Å². The van der Waals surface area contributed by atoms with E-state index in [1.165, 1.54) is 0 Å². The first-order chi connectivity index (χ1) is 10.1. The van der Waals surface area contributed by atoms with E-state index >= 15 is 0 Å². The third-order valence-electron chi connectivity index (χ3n) is 3.75. The number of aromatic nitrogens is 2. The Morgan fingerprint density at radius 2 is 2.10 bits per heavy atom. The van der Waals surface area contributed by atoms with Gasteiger partial charge in [-0.25, -0.2) is 4.98 Å². The number of aliphatic hydroxyl groups excluding tert-OH is 1. The van der Waals surface area contributed by atoms with Gasteiger partial charge in [0.2, 0.25) is 0 Å². The van der Waals surface area contributed by atoms with Gasteiger partial charge in [-0.3, -0.25) is 4.90 Å². The van der Waals surface area contributed by atoms with Crippen molar-refractivity contribution in [2.45, 2.75) is 26.2 Å². The number of hydrogen-bond acceptors (Lipinski definition) is 5. The third-order valence-corrected chi connectivity index (χ3v) is 3.75. The van der Waals surface area contributed by atoms with E-state index in [0.717, 1.165) is 48.8 Å². The lowest BCUT2D eigenvalue weighted by Gasteiger charge is -2.36. The van der Waals surface area contributed by atoms with Crippen LogP contribution in [0.4, 0.5) is 0 Å². The number of ether oxygens (including phenoxy) is 1. The lowest BCUT2D eigenvalue weighted by molar-refractivity contribution is -0.0623. The normalized spacial score (nSPS) is 19.6. The summed E-state index contributed by atoms with van der Waals surface area (Å²) in [4.78, 5) is 9.78. The Hall–Kier alpha value is -1.63. The SMILES string of the molecule is Cc1nc2cc(OC(C(C)O)N3CCNCC3)ccc2[nH]1. The van der Waals surface area contributed by atoms with E-state index in [0.29, 0.717) is 0 Å². The molecule has 1 aliphatic heterocycles. The Morgan fingerprint density at radius 1 is 1.33 bits per heavy atom. The highest BCUT2D eigenvalue weighted by molar-refractivity contribution is 5.76. The van der Waals surface area contributed by atoms with Crippen LogP contribution < -0.4 is 10.1 Å². The van der Waals surface area contributed by atoms with E-state index in [4.69, 9.17) is 4.74 Å². The van der Waals surface area contributed by atoms with Crippen molar-refractivity contribution >= 4 is 11.0 Å². The molecule has 1 aliphatic rings. The Balaban J connectivity index is 1.79. The first-order valence-corrected chi connectivity index (χ1v) is 7.39. The van der Waals surface area contributed by atoms with Gasteiger partial charge in [-0.2, -0.15) is 0 Å². The van der Waals surface area contributed by atoms with Gasteiger partial charge >= 0.3 is 0 Å². The van der Waals surface area contributed by atoms with Gasteiger partial charge in [-0.05, 0) is 26.0 Å². The number of aryl methyl sites for hydroxylation is 1. The summed E-state index contributed by atoms with van der Waals surface area (Å²) in [7, 11) is 0. The molecule has 114 valence electrons. The summed E-state index contributed by atoms with van der Waals surface area (Å²) in [6, 6.07) is 5.79. The van der Waals surface area contributed by atoms with Gasteiger partial charge in [0.25, 0.3) is 0 Å². The molecule has 0 bridgehead atoms. The summed E-state index contributed by atoms with van der Waals surface area (Å²) < 4.78 is 6.03. The molecular weight excluding hydrogens is 268 g/mol. The molecule has 1 aromatic heterocycles. The Kier molecular flexibility index (Phi) is 4.10. The predicted octanol–water partition coefficient (Wildman–Crippen LogP) is 0.862. The molecule has 2 unspecified atom stereocenters. The minimum Gasteiger partial charge on any atom is -0.472 e. The molecule has 0 aliphatic carbocycles. The summed E-state index contributed by atoms with van der Waals surface area (Å²) in [5.74, 6) is 1.62. The smallest absolute Gasteiger partial charge is 0.178 e. The van der Waals surface area contributed by atoms with Crippen molar-refractivity contribution < 1.29 is 9.84 Å². The van der Waals surface area contributed by atoms with Crippen LogP contribution in [-0.4, -0.2) is 58.5 Å². The van der Waals surface area contributed by atoms with E-state index < -0.39 is 6.10 Å². The summed E-state index contributed by atoms with van der Waals surface area (Å²) in [6.45, 7) is 7.29. The molecule has 6 nitrogen and oxygen atoms in total. The van der Waals surface area contributed by atoms with Crippen LogP contribution in [0.5, 0.6) is 5.75 Å². The standard InChI is InChI=1S/C15H22N4O2/c1-10(20)15(19-7-5-16-6-8-19)21-12-3-4-13-14(9-12)18-11(2)17-13/h3-4,9-10,15-16,20H,5-8H2,1-2H3,(H,17,18). The molecule has 2 aromatic rings. The molecular formula is C15H22N4O2. The van der Waals surface area contributed by atoms with Gasteiger partial charge in [0.15, 0.2) is 6.23 Å². The summed E-state index contributed by atoms with van der Waals surface area (Å²) in [6.07, 6.45) is -0.885. The van der Waals surface area contributed by atoms with Crippen LogP contribution in [0.15, 0.2) is 18.2 Å². The van der Waals surface area contributed by atoms with Crippen LogP contribution in [-0.2, 0) is 0 Å². The number of hydrogen-bond donors (Lipinski definition) is 3. The minimum atomic E-state index is -0.556. The van der Waals surface area contributed by atoms with Gasteiger partial charge < -0.3 is 20.1 Å². The predicted molar refractivity (Wildman–Crippen MR) is 81.4 cm³/mol. The zero-order valence-corrected chi connectivity index (χ0v) is 12.5. The van der Waals surface area contributed by atoms with Crippen molar-refractivity contribution in [1.82, 2.24) is 20.2 Å². The van der Waals surface area contributed by atoms with Crippen molar-refractivity contribution in [3.8, 4) is 5.75 Å². The molecule has 2 atom stereocenters. The Morgan fingerprint density at radius 3 is 2.81 bits per heavy atom. The molecule has 1 saturated heterocycles. The van der Waals surface area contributed by atoms with E-state index in [1.54, 1.807) is 6.92 Å². The van der Waals surface area contributed by atoms with E-state index in [9.17, 15) is 5.11 Å². The molecule has 3 rings (SSSR count). The van der Waals surface area contributed by atoms with E-state index in [1.807, 2.05) is 25.1 Å². The van der Waals surface area contributed by atoms with Crippen molar-refractivity contribution in [2.75, 3.05) is 26.2 Å². The number of rotatable bonds is 4. The zero-order valence-electron chi connectivity index (χ0n) is 12.5. The minimum absolute atomic E-state index is 0.329. The number of imidazole rings is 1. The molecule has 21 heavy (non-hydrogen) atoms. The Bertz CT molecular complexity index is 605. The van der Waals surface area contributed by atoms with Crippen LogP contribution in [0, 0.1) is 6.92 Å². The molecule has 6 heteroatoms. The monoisotopic (exact) mass is 290 g/mol. The second-order valence-electron chi connectivity index (χ2n) is 5.54. The lowest BCUT2D eigenvalue weighted by Crippen LogP contribution is -2.54. The van der Waals surface area contributed by atoms with Gasteiger partial charge in [0.1, 0.15) is 17.7 Å². The molecule has 0 spiro atoms. The number of H-pyrrole nitrogens is 1. The first kappa shape index (κ1) is 14.3. The van der Waals surface area contributed by atoms with E-state index in [2.05, 4.69) is 20.2 Å². The van der Waals surface area contributed by atoms with Crippen molar-refractivity contribution in [1.29, 1.82) is 0 Å². The molecule has 1 aromatic carbocycles. The van der Waals surface area contributed by atoms with Crippen molar-refractivity contribution in [3.63, 3.8) is 0 Å². The highest BCUT2D eigenvalue weighted by Crippen LogP contribution is 2.21. The summed E-state index contributed by atoms with van der Waals surface area (Å²) in [5, 5.41) is 13.3. The quantitative estimate of drug-likeness (QED) is 0.779. The van der Waals surface area contributed by atoms with Gasteiger partial charge in [0.05, 0.1) is 11.0 Å². The van der Waals surface area contributed by atoms with Crippen LogP contribution in [0.2, 0.25) is 0 Å². The van der Waals surface area contributed by atoms with Gasteiger partial charge in [0, 0.05) is 32.2 Å². The van der Waals surface area contributed by atoms with Crippen LogP contribution in [0.1, 0.15) is 12.7 Å². The average Bonchev–Trinajstić information content (AvgIpc) is 2.84. The molecule has 2 heterocycles. The largest absolute Gasteiger partial charge is 0.472 e. The molecule has 3 N–H and O–H groups in total. The van der Waals surface area contributed by atoms with Crippen molar-refractivity contribution in [2.24, 2.45) is 0 Å². The zero-order chi connectivity index (χ0) is 14.8. The number of fused-ring (bicyclic) bond motifs is 1. The van der Waals surface area contributed by atoms with Crippen LogP contribution in [0.25, 0.3) is 11.0 Å². The number of nitrogens with one attached hydrogen (secondary N) is 2. The average molecular weight is 290 g/mol. The maximum atomic E-state index is 10.0. The fourth-order valence-corrected chi connectivity index (χ4v) is 2.74. The first-order valence-electron chi connectivity index (χ1n) is 7.39. The fraction of sp³-hybridized carbons (Fsp3) is 0.533.